The van der Waals surface area contributed by atoms with Crippen LogP contribution in [0.5, 0.6) is 0 Å². The van der Waals surface area contributed by atoms with Crippen molar-refractivity contribution in [3.8, 4) is 0 Å². The zero-order valence-corrected chi connectivity index (χ0v) is 11.6. The van der Waals surface area contributed by atoms with Crippen LogP contribution in [0.2, 0.25) is 0 Å². The third-order valence-electron chi connectivity index (χ3n) is 5.04. The maximum absolute atomic E-state index is 7.38. The molecule has 0 aromatic rings. The zero-order valence-electron chi connectivity index (χ0n) is 11.6. The van der Waals surface area contributed by atoms with E-state index >= 15 is 0 Å². The van der Waals surface area contributed by atoms with E-state index < -0.39 is 0 Å². The standard InChI is InChI=1S/C15H29N3/c16-15(17)18-11-14(12-7-3-1-4-8-12)13-9-5-2-6-10-13/h12-14H,1-11H2,(H4,16,17,18). The van der Waals surface area contributed by atoms with Gasteiger partial charge in [0.15, 0.2) is 5.96 Å². The molecule has 0 bridgehead atoms. The van der Waals surface area contributed by atoms with Gasteiger partial charge in [-0.25, -0.2) is 0 Å². The first-order valence-electron chi connectivity index (χ1n) is 7.85. The van der Waals surface area contributed by atoms with Crippen LogP contribution < -0.4 is 11.1 Å². The first-order valence-corrected chi connectivity index (χ1v) is 7.85. The first kappa shape index (κ1) is 13.7. The van der Waals surface area contributed by atoms with Gasteiger partial charge in [-0.15, -0.1) is 0 Å². The molecule has 0 unspecified atom stereocenters. The lowest BCUT2D eigenvalue weighted by atomic mass is 9.69. The van der Waals surface area contributed by atoms with Crippen LogP contribution in [-0.2, 0) is 0 Å². The van der Waals surface area contributed by atoms with Crippen molar-refractivity contribution in [2.24, 2.45) is 23.5 Å². The van der Waals surface area contributed by atoms with Crippen LogP contribution in [0, 0.1) is 23.2 Å². The molecular weight excluding hydrogens is 222 g/mol. The number of nitrogens with two attached hydrogens (primary N) is 1. The summed E-state index contributed by atoms with van der Waals surface area (Å²) in [5.41, 5.74) is 5.47. The lowest BCUT2D eigenvalue weighted by Crippen LogP contribution is -2.40. The summed E-state index contributed by atoms with van der Waals surface area (Å²) >= 11 is 0. The molecule has 2 saturated carbocycles. The van der Waals surface area contributed by atoms with Crippen LogP contribution in [0.15, 0.2) is 0 Å². The van der Waals surface area contributed by atoms with Crippen molar-refractivity contribution in [1.82, 2.24) is 5.32 Å². The Kier molecular flexibility index (Phi) is 5.33. The smallest absolute Gasteiger partial charge is 0.185 e. The molecule has 0 radical (unpaired) electrons. The van der Waals surface area contributed by atoms with Gasteiger partial charge in [-0.2, -0.15) is 0 Å². The van der Waals surface area contributed by atoms with E-state index in [0.717, 1.165) is 24.3 Å². The van der Waals surface area contributed by atoms with Gasteiger partial charge in [0, 0.05) is 6.54 Å². The van der Waals surface area contributed by atoms with Gasteiger partial charge in [-0.3, -0.25) is 5.41 Å². The quantitative estimate of drug-likeness (QED) is 0.530. The van der Waals surface area contributed by atoms with E-state index in [1.54, 1.807) is 0 Å². The molecule has 4 N–H and O–H groups in total. The summed E-state index contributed by atoms with van der Waals surface area (Å²) in [6.07, 6.45) is 14.1. The molecule has 0 aliphatic heterocycles. The molecule has 3 heteroatoms. The minimum absolute atomic E-state index is 0.145. The van der Waals surface area contributed by atoms with E-state index in [0.29, 0.717) is 0 Å². The predicted octanol–water partition coefficient (Wildman–Crippen LogP) is 3.25. The topological polar surface area (TPSA) is 61.9 Å². The number of guanidine groups is 1. The highest BCUT2D eigenvalue weighted by atomic mass is 15.0. The summed E-state index contributed by atoms with van der Waals surface area (Å²) in [5.74, 6) is 2.67. The second-order valence-electron chi connectivity index (χ2n) is 6.25. The Bertz CT molecular complexity index is 234. The van der Waals surface area contributed by atoms with Crippen LogP contribution in [0.25, 0.3) is 0 Å². The number of hydrogen-bond acceptors (Lipinski definition) is 1. The summed E-state index contributed by atoms with van der Waals surface area (Å²) < 4.78 is 0. The number of rotatable bonds is 4. The Labute approximate surface area is 111 Å². The largest absolute Gasteiger partial charge is 0.370 e. The van der Waals surface area contributed by atoms with Gasteiger partial charge in [0.1, 0.15) is 0 Å². The van der Waals surface area contributed by atoms with Crippen molar-refractivity contribution < 1.29 is 0 Å². The molecule has 0 amide bonds. The summed E-state index contributed by atoms with van der Waals surface area (Å²) in [5, 5.41) is 10.5. The molecule has 3 nitrogen and oxygen atoms in total. The molecular formula is C15H29N3. The van der Waals surface area contributed by atoms with Crippen molar-refractivity contribution in [2.45, 2.75) is 64.2 Å². The molecule has 0 saturated heterocycles. The van der Waals surface area contributed by atoms with E-state index in [1.807, 2.05) is 0 Å². The van der Waals surface area contributed by atoms with Crippen LogP contribution in [0.4, 0.5) is 0 Å². The fourth-order valence-corrected chi connectivity index (χ4v) is 4.07. The Morgan fingerprint density at radius 2 is 1.39 bits per heavy atom. The van der Waals surface area contributed by atoms with E-state index in [2.05, 4.69) is 5.32 Å². The van der Waals surface area contributed by atoms with Gasteiger partial charge in [-0.1, -0.05) is 64.2 Å². The number of hydrogen-bond donors (Lipinski definition) is 3. The van der Waals surface area contributed by atoms with E-state index in [4.69, 9.17) is 11.1 Å². The van der Waals surface area contributed by atoms with Crippen molar-refractivity contribution >= 4 is 5.96 Å². The van der Waals surface area contributed by atoms with Crippen LogP contribution in [0.1, 0.15) is 64.2 Å². The van der Waals surface area contributed by atoms with E-state index in [9.17, 15) is 0 Å². The SMILES string of the molecule is N=C(N)NCC(C1CCCCC1)C1CCCCC1. The molecule has 2 rings (SSSR count). The number of nitrogens with one attached hydrogen (secondary N) is 2. The molecule has 2 aliphatic rings. The molecule has 0 aromatic heterocycles. The van der Waals surface area contributed by atoms with Crippen molar-refractivity contribution in [1.29, 1.82) is 5.41 Å². The average Bonchev–Trinajstić information content (AvgIpc) is 2.41. The summed E-state index contributed by atoms with van der Waals surface area (Å²) in [6, 6.07) is 0. The molecule has 0 atom stereocenters. The molecule has 18 heavy (non-hydrogen) atoms. The molecule has 0 spiro atoms. The van der Waals surface area contributed by atoms with Crippen molar-refractivity contribution in [2.75, 3.05) is 6.54 Å². The van der Waals surface area contributed by atoms with Gasteiger partial charge in [0.05, 0.1) is 0 Å². The summed E-state index contributed by atoms with van der Waals surface area (Å²) in [7, 11) is 0. The Morgan fingerprint density at radius 3 is 1.78 bits per heavy atom. The molecule has 2 fully saturated rings. The molecule has 0 heterocycles. The van der Waals surface area contributed by atoms with Gasteiger partial charge >= 0.3 is 0 Å². The highest BCUT2D eigenvalue weighted by Crippen LogP contribution is 2.39. The van der Waals surface area contributed by atoms with E-state index in [-0.39, 0.29) is 5.96 Å². The lowest BCUT2D eigenvalue weighted by Gasteiger charge is -2.38. The third-order valence-corrected chi connectivity index (χ3v) is 5.04. The average molecular weight is 251 g/mol. The third kappa shape index (κ3) is 3.89. The van der Waals surface area contributed by atoms with Crippen LogP contribution >= 0.6 is 0 Å². The maximum Gasteiger partial charge on any atom is 0.185 e. The highest BCUT2D eigenvalue weighted by molar-refractivity contribution is 5.74. The molecule has 0 aromatic carbocycles. The summed E-state index contributed by atoms with van der Waals surface area (Å²) in [6.45, 7) is 0.935. The molecule has 2 aliphatic carbocycles. The second-order valence-corrected chi connectivity index (χ2v) is 6.25. The minimum Gasteiger partial charge on any atom is -0.370 e. The van der Waals surface area contributed by atoms with E-state index in [1.165, 1.54) is 64.2 Å². The Hall–Kier alpha value is -0.730. The maximum atomic E-state index is 7.38. The van der Waals surface area contributed by atoms with Crippen molar-refractivity contribution in [3.63, 3.8) is 0 Å². The van der Waals surface area contributed by atoms with Gasteiger partial charge in [0.25, 0.3) is 0 Å². The first-order chi connectivity index (χ1) is 8.77. The zero-order chi connectivity index (χ0) is 12.8. The molecule has 104 valence electrons. The monoisotopic (exact) mass is 251 g/mol. The minimum atomic E-state index is 0.145. The lowest BCUT2D eigenvalue weighted by molar-refractivity contribution is 0.145. The Morgan fingerprint density at radius 1 is 0.944 bits per heavy atom. The fourth-order valence-electron chi connectivity index (χ4n) is 4.07. The second kappa shape index (κ2) is 7.01. The van der Waals surface area contributed by atoms with Gasteiger partial charge in [0.2, 0.25) is 0 Å². The van der Waals surface area contributed by atoms with Crippen molar-refractivity contribution in [3.05, 3.63) is 0 Å². The summed E-state index contributed by atoms with van der Waals surface area (Å²) in [4.78, 5) is 0. The van der Waals surface area contributed by atoms with Gasteiger partial charge in [-0.05, 0) is 17.8 Å². The van der Waals surface area contributed by atoms with Crippen LogP contribution in [0.3, 0.4) is 0 Å². The fraction of sp³-hybridized carbons (Fsp3) is 0.933. The predicted molar refractivity (Wildman–Crippen MR) is 76.6 cm³/mol. The Balaban J connectivity index is 1.93. The normalized spacial score (nSPS) is 23.2. The highest BCUT2D eigenvalue weighted by Gasteiger charge is 2.31. The van der Waals surface area contributed by atoms with Gasteiger partial charge < -0.3 is 11.1 Å². The van der Waals surface area contributed by atoms with Crippen LogP contribution in [-0.4, -0.2) is 12.5 Å².